The highest BCUT2D eigenvalue weighted by Gasteiger charge is 2.31. The van der Waals surface area contributed by atoms with Crippen molar-refractivity contribution in [1.29, 1.82) is 0 Å². The number of nitrogens with one attached hydrogen (secondary N) is 1. The fourth-order valence-electron chi connectivity index (χ4n) is 3.26. The SMILES string of the molecule is CC1CN(C(=O)c2ccc(=O)[nH]c2)CC(C)N1CCCN(C)C. The number of carbonyl (C=O) groups is 1. The van der Waals surface area contributed by atoms with Crippen molar-refractivity contribution in [2.24, 2.45) is 0 Å². The van der Waals surface area contributed by atoms with Crippen LogP contribution in [0.4, 0.5) is 0 Å². The molecule has 2 atom stereocenters. The van der Waals surface area contributed by atoms with E-state index in [1.54, 1.807) is 6.07 Å². The summed E-state index contributed by atoms with van der Waals surface area (Å²) in [5.41, 5.74) is 0.360. The average molecular weight is 320 g/mol. The number of rotatable bonds is 5. The molecule has 0 aliphatic carbocycles. The highest BCUT2D eigenvalue weighted by atomic mass is 16.2. The van der Waals surface area contributed by atoms with Crippen LogP contribution in [-0.4, -0.2) is 77.9 Å². The van der Waals surface area contributed by atoms with Gasteiger partial charge in [-0.3, -0.25) is 14.5 Å². The molecule has 0 radical (unpaired) electrons. The summed E-state index contributed by atoms with van der Waals surface area (Å²) in [4.78, 5) is 32.9. The molecule has 1 saturated heterocycles. The fraction of sp³-hybridized carbons (Fsp3) is 0.647. The molecule has 0 bridgehead atoms. The van der Waals surface area contributed by atoms with E-state index in [9.17, 15) is 9.59 Å². The Balaban J connectivity index is 1.96. The van der Waals surface area contributed by atoms with Crippen LogP contribution in [0.2, 0.25) is 0 Å². The van der Waals surface area contributed by atoms with Gasteiger partial charge in [0.05, 0.1) is 5.56 Å². The van der Waals surface area contributed by atoms with Gasteiger partial charge in [0.15, 0.2) is 0 Å². The predicted octanol–water partition coefficient (Wildman–Crippen LogP) is 0.861. The molecule has 6 nitrogen and oxygen atoms in total. The number of carbonyl (C=O) groups excluding carboxylic acids is 1. The van der Waals surface area contributed by atoms with Gasteiger partial charge < -0.3 is 14.8 Å². The second kappa shape index (κ2) is 7.75. The lowest BCUT2D eigenvalue weighted by Gasteiger charge is -2.44. The minimum atomic E-state index is -0.186. The maximum Gasteiger partial charge on any atom is 0.255 e. The van der Waals surface area contributed by atoms with Crippen LogP contribution in [0.15, 0.2) is 23.1 Å². The van der Waals surface area contributed by atoms with E-state index >= 15 is 0 Å². The van der Waals surface area contributed by atoms with Crippen molar-refractivity contribution in [3.63, 3.8) is 0 Å². The van der Waals surface area contributed by atoms with Crippen LogP contribution in [-0.2, 0) is 0 Å². The topological polar surface area (TPSA) is 59.7 Å². The molecule has 2 heterocycles. The third-order valence-electron chi connectivity index (χ3n) is 4.44. The van der Waals surface area contributed by atoms with Crippen LogP contribution < -0.4 is 5.56 Å². The second-order valence-corrected chi connectivity index (χ2v) is 6.74. The molecular formula is C17H28N4O2. The molecule has 6 heteroatoms. The summed E-state index contributed by atoms with van der Waals surface area (Å²) in [6, 6.07) is 3.68. The van der Waals surface area contributed by atoms with Crippen molar-refractivity contribution >= 4 is 5.91 Å². The minimum absolute atomic E-state index is 0.00658. The summed E-state index contributed by atoms with van der Waals surface area (Å²) in [6.07, 6.45) is 2.64. The van der Waals surface area contributed by atoms with Crippen molar-refractivity contribution < 1.29 is 4.79 Å². The number of aromatic nitrogens is 1. The van der Waals surface area contributed by atoms with E-state index in [1.807, 2.05) is 4.90 Å². The first-order valence-electron chi connectivity index (χ1n) is 8.27. The summed E-state index contributed by atoms with van der Waals surface area (Å²) in [7, 11) is 4.18. The first-order valence-corrected chi connectivity index (χ1v) is 8.27. The van der Waals surface area contributed by atoms with Crippen molar-refractivity contribution in [2.75, 3.05) is 40.3 Å². The standard InChI is InChI=1S/C17H28N4O2/c1-13-11-20(17(23)15-6-7-16(22)18-10-15)12-14(2)21(13)9-5-8-19(3)4/h6-7,10,13-14H,5,8-9,11-12H2,1-4H3,(H,18,22). The summed E-state index contributed by atoms with van der Waals surface area (Å²) in [6.45, 7) is 7.95. The number of hydrogen-bond donors (Lipinski definition) is 1. The van der Waals surface area contributed by atoms with Crippen LogP contribution in [0.1, 0.15) is 30.6 Å². The van der Waals surface area contributed by atoms with E-state index in [0.717, 1.165) is 32.6 Å². The number of amides is 1. The molecule has 0 aromatic carbocycles. The maximum absolute atomic E-state index is 12.6. The Bertz CT molecular complexity index is 552. The van der Waals surface area contributed by atoms with E-state index < -0.39 is 0 Å². The van der Waals surface area contributed by atoms with E-state index in [4.69, 9.17) is 0 Å². The minimum Gasteiger partial charge on any atom is -0.335 e. The van der Waals surface area contributed by atoms with Crippen LogP contribution in [0.3, 0.4) is 0 Å². The zero-order valence-electron chi connectivity index (χ0n) is 14.6. The van der Waals surface area contributed by atoms with Gasteiger partial charge >= 0.3 is 0 Å². The molecule has 1 fully saturated rings. The predicted molar refractivity (Wildman–Crippen MR) is 91.8 cm³/mol. The van der Waals surface area contributed by atoms with Gasteiger partial charge in [-0.1, -0.05) is 0 Å². The highest BCUT2D eigenvalue weighted by molar-refractivity contribution is 5.94. The molecule has 1 aliphatic rings. The molecule has 1 aromatic rings. The Hall–Kier alpha value is -1.66. The first kappa shape index (κ1) is 17.7. The number of hydrogen-bond acceptors (Lipinski definition) is 4. The lowest BCUT2D eigenvalue weighted by atomic mass is 10.1. The Morgan fingerprint density at radius 3 is 2.43 bits per heavy atom. The molecule has 1 aliphatic heterocycles. The van der Waals surface area contributed by atoms with Crippen molar-refractivity contribution in [2.45, 2.75) is 32.4 Å². The summed E-state index contributed by atoms with van der Waals surface area (Å²) >= 11 is 0. The molecule has 1 N–H and O–H groups in total. The van der Waals surface area contributed by atoms with Gasteiger partial charge in [0, 0.05) is 44.0 Å². The van der Waals surface area contributed by atoms with Crippen LogP contribution in [0.5, 0.6) is 0 Å². The molecule has 0 saturated carbocycles. The molecule has 2 unspecified atom stereocenters. The number of pyridine rings is 1. The summed E-state index contributed by atoms with van der Waals surface area (Å²) in [5, 5.41) is 0. The van der Waals surface area contributed by atoms with Crippen molar-refractivity contribution in [1.82, 2.24) is 19.7 Å². The van der Waals surface area contributed by atoms with E-state index in [0.29, 0.717) is 17.6 Å². The largest absolute Gasteiger partial charge is 0.335 e. The number of piperazine rings is 1. The first-order chi connectivity index (χ1) is 10.9. The highest BCUT2D eigenvalue weighted by Crippen LogP contribution is 2.18. The molecule has 1 aromatic heterocycles. The Kier molecular flexibility index (Phi) is 5.96. The van der Waals surface area contributed by atoms with Gasteiger partial charge in [0.2, 0.25) is 5.56 Å². The molecule has 1 amide bonds. The normalized spacial score (nSPS) is 22.6. The lowest BCUT2D eigenvalue weighted by Crippen LogP contribution is -2.58. The Morgan fingerprint density at radius 1 is 1.26 bits per heavy atom. The molecule has 0 spiro atoms. The van der Waals surface area contributed by atoms with E-state index in [-0.39, 0.29) is 11.5 Å². The van der Waals surface area contributed by atoms with Gasteiger partial charge in [-0.15, -0.1) is 0 Å². The third-order valence-corrected chi connectivity index (χ3v) is 4.44. The summed E-state index contributed by atoms with van der Waals surface area (Å²) in [5.74, 6) is -0.00658. The van der Waals surface area contributed by atoms with Gasteiger partial charge in [0.25, 0.3) is 5.91 Å². The number of nitrogens with zero attached hydrogens (tertiary/aromatic N) is 3. The number of aromatic amines is 1. The fourth-order valence-corrected chi connectivity index (χ4v) is 3.26. The van der Waals surface area contributed by atoms with Crippen LogP contribution >= 0.6 is 0 Å². The molecular weight excluding hydrogens is 292 g/mol. The van der Waals surface area contributed by atoms with Gasteiger partial charge in [-0.25, -0.2) is 0 Å². The van der Waals surface area contributed by atoms with Gasteiger partial charge in [0.1, 0.15) is 0 Å². The van der Waals surface area contributed by atoms with Crippen LogP contribution in [0.25, 0.3) is 0 Å². The van der Waals surface area contributed by atoms with Gasteiger partial charge in [-0.05, 0) is 47.0 Å². The van der Waals surface area contributed by atoms with Crippen LogP contribution in [0, 0.1) is 0 Å². The lowest BCUT2D eigenvalue weighted by molar-refractivity contribution is 0.0294. The molecule has 23 heavy (non-hydrogen) atoms. The Labute approximate surface area is 138 Å². The van der Waals surface area contributed by atoms with Crippen molar-refractivity contribution in [3.05, 3.63) is 34.2 Å². The maximum atomic E-state index is 12.6. The Morgan fingerprint density at radius 2 is 1.91 bits per heavy atom. The monoisotopic (exact) mass is 320 g/mol. The van der Waals surface area contributed by atoms with Gasteiger partial charge in [-0.2, -0.15) is 0 Å². The number of H-pyrrole nitrogens is 1. The van der Waals surface area contributed by atoms with E-state index in [2.05, 4.69) is 42.7 Å². The molecule has 128 valence electrons. The summed E-state index contributed by atoms with van der Waals surface area (Å²) < 4.78 is 0. The molecule has 2 rings (SSSR count). The smallest absolute Gasteiger partial charge is 0.255 e. The zero-order valence-corrected chi connectivity index (χ0v) is 14.6. The average Bonchev–Trinajstić information content (AvgIpc) is 2.49. The second-order valence-electron chi connectivity index (χ2n) is 6.74. The van der Waals surface area contributed by atoms with E-state index in [1.165, 1.54) is 12.3 Å². The third kappa shape index (κ3) is 4.65. The quantitative estimate of drug-likeness (QED) is 0.874. The zero-order chi connectivity index (χ0) is 17.0. The van der Waals surface area contributed by atoms with Crippen molar-refractivity contribution in [3.8, 4) is 0 Å².